The van der Waals surface area contributed by atoms with Gasteiger partial charge in [0.15, 0.2) is 0 Å². The Morgan fingerprint density at radius 3 is 2.65 bits per heavy atom. The standard InChI is InChI=1S/C15H16FN3O/c1-11(14-4-2-3-9-17-14)18-10-15(20)19-13-7-5-12(16)6-8-13/h2-9,11,18H,10H2,1H3,(H,19,20)/t11-/m0/s1. The number of hydrogen-bond donors (Lipinski definition) is 2. The van der Waals surface area contributed by atoms with Gasteiger partial charge in [-0.1, -0.05) is 6.07 Å². The number of anilines is 1. The number of hydrogen-bond acceptors (Lipinski definition) is 3. The van der Waals surface area contributed by atoms with Crippen LogP contribution in [0, 0.1) is 5.82 Å². The van der Waals surface area contributed by atoms with E-state index in [0.717, 1.165) is 5.69 Å². The Morgan fingerprint density at radius 2 is 2.00 bits per heavy atom. The van der Waals surface area contributed by atoms with E-state index in [0.29, 0.717) is 5.69 Å². The minimum Gasteiger partial charge on any atom is -0.325 e. The molecule has 1 atom stereocenters. The van der Waals surface area contributed by atoms with Crippen LogP contribution in [0.4, 0.5) is 10.1 Å². The molecule has 2 N–H and O–H groups in total. The van der Waals surface area contributed by atoms with Crippen LogP contribution in [0.5, 0.6) is 0 Å². The lowest BCUT2D eigenvalue weighted by Gasteiger charge is -2.13. The number of carbonyl (C=O) groups is 1. The Hall–Kier alpha value is -2.27. The zero-order valence-corrected chi connectivity index (χ0v) is 11.1. The molecule has 20 heavy (non-hydrogen) atoms. The van der Waals surface area contributed by atoms with Crippen LogP contribution in [-0.2, 0) is 4.79 Å². The number of pyridine rings is 1. The van der Waals surface area contributed by atoms with E-state index in [1.807, 2.05) is 25.1 Å². The second-order valence-electron chi connectivity index (χ2n) is 4.41. The zero-order chi connectivity index (χ0) is 14.4. The summed E-state index contributed by atoms with van der Waals surface area (Å²) in [6.45, 7) is 2.10. The van der Waals surface area contributed by atoms with Crippen LogP contribution in [0.25, 0.3) is 0 Å². The summed E-state index contributed by atoms with van der Waals surface area (Å²) in [7, 11) is 0. The Labute approximate surface area is 117 Å². The maximum atomic E-state index is 12.7. The molecule has 1 aromatic heterocycles. The molecule has 0 radical (unpaired) electrons. The summed E-state index contributed by atoms with van der Waals surface area (Å²) in [6, 6.07) is 11.3. The van der Waals surface area contributed by atoms with E-state index >= 15 is 0 Å². The molecule has 104 valence electrons. The molecule has 2 aromatic rings. The molecule has 0 aliphatic carbocycles. The summed E-state index contributed by atoms with van der Waals surface area (Å²) in [5.74, 6) is -0.510. The molecule has 0 unspecified atom stereocenters. The number of nitrogens with zero attached hydrogens (tertiary/aromatic N) is 1. The number of benzene rings is 1. The van der Waals surface area contributed by atoms with Gasteiger partial charge in [-0.05, 0) is 43.3 Å². The SMILES string of the molecule is C[C@H](NCC(=O)Nc1ccc(F)cc1)c1ccccn1. The van der Waals surface area contributed by atoms with Crippen molar-refractivity contribution in [1.29, 1.82) is 0 Å². The van der Waals surface area contributed by atoms with Crippen LogP contribution in [0.1, 0.15) is 18.7 Å². The van der Waals surface area contributed by atoms with Gasteiger partial charge < -0.3 is 10.6 Å². The van der Waals surface area contributed by atoms with E-state index in [-0.39, 0.29) is 24.3 Å². The Kier molecular flexibility index (Phi) is 4.79. The summed E-state index contributed by atoms with van der Waals surface area (Å²) < 4.78 is 12.7. The Morgan fingerprint density at radius 1 is 1.25 bits per heavy atom. The number of halogens is 1. The molecule has 0 saturated heterocycles. The van der Waals surface area contributed by atoms with Crippen molar-refractivity contribution in [3.63, 3.8) is 0 Å². The zero-order valence-electron chi connectivity index (χ0n) is 11.1. The predicted molar refractivity (Wildman–Crippen MR) is 75.7 cm³/mol. The quantitative estimate of drug-likeness (QED) is 0.880. The number of nitrogens with one attached hydrogen (secondary N) is 2. The van der Waals surface area contributed by atoms with Gasteiger partial charge in [-0.25, -0.2) is 4.39 Å². The van der Waals surface area contributed by atoms with E-state index in [1.165, 1.54) is 24.3 Å². The maximum absolute atomic E-state index is 12.7. The van der Waals surface area contributed by atoms with Crippen LogP contribution in [0.2, 0.25) is 0 Å². The van der Waals surface area contributed by atoms with Crippen molar-refractivity contribution >= 4 is 11.6 Å². The summed E-state index contributed by atoms with van der Waals surface area (Å²) in [5.41, 5.74) is 1.45. The van der Waals surface area contributed by atoms with Gasteiger partial charge in [0, 0.05) is 17.9 Å². The number of rotatable bonds is 5. The normalized spacial score (nSPS) is 11.9. The molecule has 5 heteroatoms. The minimum absolute atomic E-state index is 0.0184. The van der Waals surface area contributed by atoms with Crippen molar-refractivity contribution in [3.05, 3.63) is 60.2 Å². The molecule has 0 spiro atoms. The van der Waals surface area contributed by atoms with E-state index < -0.39 is 0 Å². The molecule has 0 bridgehead atoms. The summed E-state index contributed by atoms with van der Waals surface area (Å²) in [5, 5.41) is 5.77. The van der Waals surface area contributed by atoms with Crippen molar-refractivity contribution < 1.29 is 9.18 Å². The van der Waals surface area contributed by atoms with Crippen molar-refractivity contribution in [2.75, 3.05) is 11.9 Å². The minimum atomic E-state index is -0.329. The molecule has 0 saturated carbocycles. The molecular formula is C15H16FN3O. The highest BCUT2D eigenvalue weighted by atomic mass is 19.1. The van der Waals surface area contributed by atoms with Crippen LogP contribution < -0.4 is 10.6 Å². The van der Waals surface area contributed by atoms with Gasteiger partial charge in [-0.15, -0.1) is 0 Å². The van der Waals surface area contributed by atoms with Gasteiger partial charge >= 0.3 is 0 Å². The largest absolute Gasteiger partial charge is 0.325 e. The monoisotopic (exact) mass is 273 g/mol. The topological polar surface area (TPSA) is 54.0 Å². The average molecular weight is 273 g/mol. The van der Waals surface area contributed by atoms with E-state index in [9.17, 15) is 9.18 Å². The fourth-order valence-electron chi connectivity index (χ4n) is 1.72. The number of aromatic nitrogens is 1. The molecule has 1 amide bonds. The predicted octanol–water partition coefficient (Wildman–Crippen LogP) is 2.51. The second kappa shape index (κ2) is 6.77. The third-order valence-corrected chi connectivity index (χ3v) is 2.83. The lowest BCUT2D eigenvalue weighted by molar-refractivity contribution is -0.115. The van der Waals surface area contributed by atoms with Gasteiger partial charge in [0.05, 0.1) is 12.2 Å². The van der Waals surface area contributed by atoms with Crippen molar-refractivity contribution in [2.45, 2.75) is 13.0 Å². The van der Waals surface area contributed by atoms with E-state index in [2.05, 4.69) is 15.6 Å². The van der Waals surface area contributed by atoms with E-state index in [1.54, 1.807) is 6.20 Å². The molecule has 0 aliphatic heterocycles. The van der Waals surface area contributed by atoms with Crippen molar-refractivity contribution in [1.82, 2.24) is 10.3 Å². The van der Waals surface area contributed by atoms with E-state index in [4.69, 9.17) is 0 Å². The smallest absolute Gasteiger partial charge is 0.238 e. The van der Waals surface area contributed by atoms with Crippen LogP contribution >= 0.6 is 0 Å². The van der Waals surface area contributed by atoms with Gasteiger partial charge in [-0.3, -0.25) is 9.78 Å². The van der Waals surface area contributed by atoms with Crippen molar-refractivity contribution in [3.8, 4) is 0 Å². The highest BCUT2D eigenvalue weighted by Gasteiger charge is 2.08. The van der Waals surface area contributed by atoms with Gasteiger partial charge in [0.25, 0.3) is 0 Å². The lowest BCUT2D eigenvalue weighted by Crippen LogP contribution is -2.30. The van der Waals surface area contributed by atoms with Crippen LogP contribution in [-0.4, -0.2) is 17.4 Å². The van der Waals surface area contributed by atoms with Crippen LogP contribution in [0.15, 0.2) is 48.7 Å². The summed E-state index contributed by atoms with van der Waals surface area (Å²) in [6.07, 6.45) is 1.71. The number of amides is 1. The first-order valence-electron chi connectivity index (χ1n) is 6.35. The molecule has 4 nitrogen and oxygen atoms in total. The van der Waals surface area contributed by atoms with Gasteiger partial charge in [-0.2, -0.15) is 0 Å². The average Bonchev–Trinajstić information content (AvgIpc) is 2.48. The highest BCUT2D eigenvalue weighted by molar-refractivity contribution is 5.92. The third-order valence-electron chi connectivity index (χ3n) is 2.83. The maximum Gasteiger partial charge on any atom is 0.238 e. The first kappa shape index (κ1) is 14.1. The first-order chi connectivity index (χ1) is 9.65. The Bertz CT molecular complexity index is 557. The van der Waals surface area contributed by atoms with Gasteiger partial charge in [0.2, 0.25) is 5.91 Å². The summed E-state index contributed by atoms with van der Waals surface area (Å²) in [4.78, 5) is 16.0. The molecule has 1 heterocycles. The van der Waals surface area contributed by atoms with Gasteiger partial charge in [0.1, 0.15) is 5.82 Å². The Balaban J connectivity index is 1.82. The molecular weight excluding hydrogens is 257 g/mol. The molecule has 0 aliphatic rings. The fourth-order valence-corrected chi connectivity index (χ4v) is 1.72. The third kappa shape index (κ3) is 4.13. The number of carbonyl (C=O) groups excluding carboxylic acids is 1. The first-order valence-corrected chi connectivity index (χ1v) is 6.35. The molecule has 2 rings (SSSR count). The lowest BCUT2D eigenvalue weighted by atomic mass is 10.2. The fraction of sp³-hybridized carbons (Fsp3) is 0.200. The second-order valence-corrected chi connectivity index (χ2v) is 4.41. The molecule has 1 aromatic carbocycles. The van der Waals surface area contributed by atoms with Crippen molar-refractivity contribution in [2.24, 2.45) is 0 Å². The van der Waals surface area contributed by atoms with Crippen LogP contribution in [0.3, 0.4) is 0 Å². The summed E-state index contributed by atoms with van der Waals surface area (Å²) >= 11 is 0. The molecule has 0 fully saturated rings. The highest BCUT2D eigenvalue weighted by Crippen LogP contribution is 2.09.